The van der Waals surface area contributed by atoms with Crippen LogP contribution in [0.4, 0.5) is 19.3 Å². The molecule has 0 bridgehead atoms. The first-order chi connectivity index (χ1) is 16.0. The number of nitrogens with zero attached hydrogens (tertiary/aromatic N) is 3. The predicted octanol–water partition coefficient (Wildman–Crippen LogP) is 1.11. The van der Waals surface area contributed by atoms with Crippen molar-refractivity contribution in [3.05, 3.63) is 23.3 Å². The molecule has 4 atom stereocenters. The third-order valence-electron chi connectivity index (χ3n) is 6.35. The van der Waals surface area contributed by atoms with Gasteiger partial charge in [-0.1, -0.05) is 11.3 Å². The number of hydrogen-bond donors (Lipinski definition) is 2. The van der Waals surface area contributed by atoms with E-state index in [-0.39, 0.29) is 39.1 Å². The van der Waals surface area contributed by atoms with Crippen molar-refractivity contribution in [1.29, 1.82) is 0 Å². The molecule has 2 aromatic rings. The first-order valence-corrected chi connectivity index (χ1v) is 12.7. The third-order valence-corrected chi connectivity index (χ3v) is 8.63. The Hall–Kier alpha value is -2.84. The van der Waals surface area contributed by atoms with Crippen LogP contribution in [0.2, 0.25) is 0 Å². The van der Waals surface area contributed by atoms with E-state index in [4.69, 9.17) is 4.74 Å². The summed E-state index contributed by atoms with van der Waals surface area (Å²) in [4.78, 5) is 39.6. The molecular formula is C20H19F2N5O5S2. The zero-order chi connectivity index (χ0) is 24.5. The molecule has 5 rings (SSSR count). The number of morpholine rings is 1. The Kier molecular flexibility index (Phi) is 5.29. The number of carbonyl (C=O) groups is 3. The summed E-state index contributed by atoms with van der Waals surface area (Å²) in [6.45, 7) is 3.48. The van der Waals surface area contributed by atoms with Gasteiger partial charge in [-0.05, 0) is 25.5 Å². The highest BCUT2D eigenvalue weighted by atomic mass is 32.2. The highest BCUT2D eigenvalue weighted by Crippen LogP contribution is 2.49. The van der Waals surface area contributed by atoms with Gasteiger partial charge in [-0.25, -0.2) is 13.6 Å². The standard InChI is InChI=1S/C20H19F2N5O5S2/c1-7-6-27-13-9(4-10(11(21)12(13)22)15-25-26-19(33-15)34(3)31)5-20(14(27)8(2)32-7)16(28)23-18(30)24-17(20)29/h4,7-8,14H,5-6H2,1-3H3,(H2,23,24,28,29,30)/t7?,8?,14-,34?/m0/s1. The van der Waals surface area contributed by atoms with Crippen molar-refractivity contribution in [3.63, 3.8) is 0 Å². The summed E-state index contributed by atoms with van der Waals surface area (Å²) < 4.78 is 48.6. The summed E-state index contributed by atoms with van der Waals surface area (Å²) in [6, 6.07) is -0.605. The van der Waals surface area contributed by atoms with Gasteiger partial charge in [-0.15, -0.1) is 10.2 Å². The van der Waals surface area contributed by atoms with Gasteiger partial charge in [-0.2, -0.15) is 0 Å². The molecular weight excluding hydrogens is 492 g/mol. The molecule has 3 aliphatic rings. The van der Waals surface area contributed by atoms with E-state index in [0.717, 1.165) is 11.3 Å². The molecule has 2 saturated heterocycles. The number of urea groups is 1. The molecule has 10 nitrogen and oxygen atoms in total. The lowest BCUT2D eigenvalue weighted by Gasteiger charge is -2.55. The maximum atomic E-state index is 15.6. The van der Waals surface area contributed by atoms with Gasteiger partial charge in [0.1, 0.15) is 0 Å². The lowest BCUT2D eigenvalue weighted by Crippen LogP contribution is -2.75. The minimum absolute atomic E-state index is 0.0111. The maximum Gasteiger partial charge on any atom is 0.328 e. The molecule has 2 N–H and O–H groups in total. The average molecular weight is 512 g/mol. The number of halogens is 2. The van der Waals surface area contributed by atoms with E-state index in [0.29, 0.717) is 0 Å². The van der Waals surface area contributed by atoms with Gasteiger partial charge in [0.25, 0.3) is 0 Å². The molecule has 1 aromatic carbocycles. The molecule has 3 aliphatic heterocycles. The van der Waals surface area contributed by atoms with Gasteiger partial charge in [0, 0.05) is 19.2 Å². The number of nitrogens with one attached hydrogen (secondary N) is 2. The first kappa shape index (κ1) is 22.9. The molecule has 1 spiro atoms. The number of anilines is 1. The lowest BCUT2D eigenvalue weighted by molar-refractivity contribution is -0.153. The second-order valence-electron chi connectivity index (χ2n) is 8.52. The molecule has 0 radical (unpaired) electrons. The maximum absolute atomic E-state index is 15.6. The smallest absolute Gasteiger partial charge is 0.328 e. The van der Waals surface area contributed by atoms with E-state index in [1.807, 2.05) is 0 Å². The molecule has 3 unspecified atom stereocenters. The number of carbonyl (C=O) groups excluding carboxylic acids is 3. The van der Waals surface area contributed by atoms with Crippen LogP contribution in [0.25, 0.3) is 10.6 Å². The lowest BCUT2D eigenvalue weighted by atomic mass is 9.66. The fraction of sp³-hybridized carbons (Fsp3) is 0.450. The largest absolute Gasteiger partial charge is 0.372 e. The van der Waals surface area contributed by atoms with Crippen LogP contribution >= 0.6 is 11.3 Å². The monoisotopic (exact) mass is 511 g/mol. The van der Waals surface area contributed by atoms with Crippen LogP contribution in [0.1, 0.15) is 19.4 Å². The summed E-state index contributed by atoms with van der Waals surface area (Å²) in [5.74, 6) is -4.00. The van der Waals surface area contributed by atoms with Gasteiger partial charge >= 0.3 is 6.03 Å². The fourth-order valence-corrected chi connectivity index (χ4v) is 6.58. The van der Waals surface area contributed by atoms with Crippen LogP contribution in [-0.4, -0.2) is 63.3 Å². The van der Waals surface area contributed by atoms with Crippen molar-refractivity contribution in [2.75, 3.05) is 17.7 Å². The number of rotatable bonds is 2. The molecule has 4 heterocycles. The number of hydrogen-bond acceptors (Lipinski definition) is 9. The van der Waals surface area contributed by atoms with E-state index >= 15 is 8.78 Å². The second kappa shape index (κ2) is 7.85. The third kappa shape index (κ3) is 3.19. The molecule has 1 aromatic heterocycles. The second-order valence-corrected chi connectivity index (χ2v) is 11.1. The summed E-state index contributed by atoms with van der Waals surface area (Å²) >= 11 is 0.854. The minimum Gasteiger partial charge on any atom is -0.372 e. The normalized spacial score (nSPS) is 26.6. The number of imide groups is 2. The zero-order valence-electron chi connectivity index (χ0n) is 18.2. The molecule has 0 aliphatic carbocycles. The summed E-state index contributed by atoms with van der Waals surface area (Å²) in [7, 11) is -1.46. The molecule has 34 heavy (non-hydrogen) atoms. The van der Waals surface area contributed by atoms with Crippen molar-refractivity contribution in [2.24, 2.45) is 5.41 Å². The van der Waals surface area contributed by atoms with Crippen molar-refractivity contribution < 1.29 is 32.1 Å². The Labute approximate surface area is 198 Å². The van der Waals surface area contributed by atoms with Gasteiger partial charge < -0.3 is 9.64 Å². The van der Waals surface area contributed by atoms with E-state index in [2.05, 4.69) is 20.8 Å². The highest BCUT2D eigenvalue weighted by Gasteiger charge is 2.63. The summed E-state index contributed by atoms with van der Waals surface area (Å²) in [5.41, 5.74) is -1.92. The van der Waals surface area contributed by atoms with Crippen molar-refractivity contribution in [3.8, 4) is 10.6 Å². The Bertz CT molecular complexity index is 1260. The Morgan fingerprint density at radius 3 is 2.47 bits per heavy atom. The molecule has 0 saturated carbocycles. The predicted molar refractivity (Wildman–Crippen MR) is 117 cm³/mol. The van der Waals surface area contributed by atoms with Crippen LogP contribution in [0.3, 0.4) is 0 Å². The topological polar surface area (TPSA) is 131 Å². The van der Waals surface area contributed by atoms with Gasteiger partial charge in [0.05, 0.1) is 40.3 Å². The van der Waals surface area contributed by atoms with Gasteiger partial charge in [0.2, 0.25) is 16.2 Å². The number of aromatic nitrogens is 2. The molecule has 2 fully saturated rings. The summed E-state index contributed by atoms with van der Waals surface area (Å²) in [5, 5.41) is 11.9. The van der Waals surface area contributed by atoms with Crippen LogP contribution in [0.5, 0.6) is 0 Å². The van der Waals surface area contributed by atoms with Gasteiger partial charge in [-0.3, -0.25) is 24.4 Å². The SMILES string of the molecule is CC1CN2c3c(cc(-c4nnc(S(C)=O)s4)c(F)c3F)CC3(C(=O)NC(=O)NC3=O)[C@@H]2C(C)O1. The van der Waals surface area contributed by atoms with E-state index in [1.165, 1.54) is 17.2 Å². The highest BCUT2D eigenvalue weighted by molar-refractivity contribution is 7.86. The van der Waals surface area contributed by atoms with Crippen molar-refractivity contribution >= 4 is 45.7 Å². The van der Waals surface area contributed by atoms with Crippen LogP contribution < -0.4 is 15.5 Å². The zero-order valence-corrected chi connectivity index (χ0v) is 19.8. The quantitative estimate of drug-likeness (QED) is 0.574. The molecule has 4 amide bonds. The van der Waals surface area contributed by atoms with Gasteiger partial charge in [0.15, 0.2) is 22.1 Å². The van der Waals surface area contributed by atoms with Crippen LogP contribution in [-0.2, 0) is 31.5 Å². The van der Waals surface area contributed by atoms with E-state index in [9.17, 15) is 18.6 Å². The van der Waals surface area contributed by atoms with Crippen molar-refractivity contribution in [1.82, 2.24) is 20.8 Å². The van der Waals surface area contributed by atoms with Crippen molar-refractivity contribution in [2.45, 2.75) is 42.9 Å². The Balaban J connectivity index is 1.73. The summed E-state index contributed by atoms with van der Waals surface area (Å²) in [6.07, 6.45) is -0.0288. The first-order valence-electron chi connectivity index (χ1n) is 10.3. The Morgan fingerprint density at radius 2 is 1.85 bits per heavy atom. The number of ether oxygens (including phenoxy) is 1. The molecule has 14 heteroatoms. The van der Waals surface area contributed by atoms with E-state index in [1.54, 1.807) is 13.8 Å². The van der Waals surface area contributed by atoms with Crippen LogP contribution in [0.15, 0.2) is 10.4 Å². The number of barbiturate groups is 1. The van der Waals surface area contributed by atoms with E-state index < -0.39 is 63.9 Å². The average Bonchev–Trinajstić information content (AvgIpc) is 3.24. The fourth-order valence-electron chi connectivity index (χ4n) is 5.13. The molecule has 180 valence electrons. The number of benzene rings is 1. The van der Waals surface area contributed by atoms with Crippen LogP contribution in [0, 0.1) is 17.0 Å². The number of fused-ring (bicyclic) bond motifs is 4. The number of amides is 4. The Morgan fingerprint density at radius 1 is 1.18 bits per heavy atom. The minimum atomic E-state index is -1.82.